The lowest BCUT2D eigenvalue weighted by Gasteiger charge is -2.14. The highest BCUT2D eigenvalue weighted by Crippen LogP contribution is 2.24. The van der Waals surface area contributed by atoms with Gasteiger partial charge in [-0.1, -0.05) is 41.6 Å². The van der Waals surface area contributed by atoms with Crippen molar-refractivity contribution in [2.75, 3.05) is 5.75 Å². The van der Waals surface area contributed by atoms with Crippen LogP contribution in [0.5, 0.6) is 0 Å². The van der Waals surface area contributed by atoms with E-state index < -0.39 is 28.1 Å². The summed E-state index contributed by atoms with van der Waals surface area (Å²) in [5.74, 6) is -2.30. The number of nitrogens with one attached hydrogen (secondary N) is 2. The molecule has 0 saturated carbocycles. The van der Waals surface area contributed by atoms with Crippen molar-refractivity contribution in [1.82, 2.24) is 20.4 Å². The van der Waals surface area contributed by atoms with Crippen LogP contribution in [0.1, 0.15) is 10.4 Å². The number of carbonyl (C=O) groups is 2. The first kappa shape index (κ1) is 24.8. The maximum atomic E-state index is 13.7. The Morgan fingerprint density at radius 2 is 1.86 bits per heavy atom. The van der Waals surface area contributed by atoms with Gasteiger partial charge in [-0.05, 0) is 36.4 Å². The number of hydrogen-bond acceptors (Lipinski definition) is 7. The summed E-state index contributed by atoms with van der Waals surface area (Å²) in [7, 11) is 0. The summed E-state index contributed by atoms with van der Waals surface area (Å²) in [6.07, 6.45) is 0. The molecule has 4 rings (SSSR count). The molecule has 0 radical (unpaired) electrons. The van der Waals surface area contributed by atoms with E-state index in [1.807, 2.05) is 0 Å². The predicted octanol–water partition coefficient (Wildman–Crippen LogP) is 3.64. The molecule has 0 aliphatic heterocycles. The van der Waals surface area contributed by atoms with Crippen molar-refractivity contribution in [3.8, 4) is 5.69 Å². The minimum Gasteiger partial charge on any atom is -0.272 e. The molecule has 0 fully saturated rings. The Balaban J connectivity index is 1.53. The van der Waals surface area contributed by atoms with Crippen molar-refractivity contribution in [1.29, 1.82) is 0 Å². The van der Waals surface area contributed by atoms with Crippen LogP contribution in [-0.4, -0.2) is 32.0 Å². The Kier molecular flexibility index (Phi) is 7.27. The Morgan fingerprint density at radius 3 is 2.61 bits per heavy atom. The number of fused-ring (bicyclic) bond motifs is 1. The first-order valence-corrected chi connectivity index (χ1v) is 11.5. The van der Waals surface area contributed by atoms with E-state index in [9.17, 15) is 28.9 Å². The van der Waals surface area contributed by atoms with Gasteiger partial charge in [0.05, 0.1) is 32.3 Å². The van der Waals surface area contributed by atoms with Gasteiger partial charge in [-0.3, -0.25) is 39.9 Å². The molecular weight excluding hydrogens is 513 g/mol. The Morgan fingerprint density at radius 1 is 1.08 bits per heavy atom. The third kappa shape index (κ3) is 5.34. The molecule has 0 bridgehead atoms. The number of hydrogen-bond donors (Lipinski definition) is 2. The van der Waals surface area contributed by atoms with Crippen LogP contribution in [0.25, 0.3) is 16.6 Å². The average Bonchev–Trinajstić information content (AvgIpc) is 2.88. The van der Waals surface area contributed by atoms with Crippen LogP contribution >= 0.6 is 23.4 Å². The van der Waals surface area contributed by atoms with Crippen molar-refractivity contribution >= 4 is 51.8 Å². The summed E-state index contributed by atoms with van der Waals surface area (Å²) in [6, 6.07) is 15.4. The number of thioether (sulfide) groups is 1. The molecule has 4 aromatic rings. The third-order valence-electron chi connectivity index (χ3n) is 4.87. The third-order valence-corrected chi connectivity index (χ3v) is 6.10. The summed E-state index contributed by atoms with van der Waals surface area (Å²) in [6.45, 7) is 0. The molecular formula is C23H15ClFN5O5S. The van der Waals surface area contributed by atoms with E-state index in [0.29, 0.717) is 10.9 Å². The van der Waals surface area contributed by atoms with E-state index in [1.54, 1.807) is 24.3 Å². The number of rotatable bonds is 6. The largest absolute Gasteiger partial charge is 0.272 e. The molecule has 36 heavy (non-hydrogen) atoms. The van der Waals surface area contributed by atoms with Gasteiger partial charge in [-0.2, -0.15) is 0 Å². The van der Waals surface area contributed by atoms with Crippen LogP contribution in [0.15, 0.2) is 76.7 Å². The minimum absolute atomic E-state index is 0.0182. The van der Waals surface area contributed by atoms with Gasteiger partial charge >= 0.3 is 0 Å². The van der Waals surface area contributed by atoms with Crippen molar-refractivity contribution < 1.29 is 18.9 Å². The average molecular weight is 528 g/mol. The van der Waals surface area contributed by atoms with E-state index in [4.69, 9.17) is 11.6 Å². The number of nitro groups is 1. The first-order valence-electron chi connectivity index (χ1n) is 10.2. The van der Waals surface area contributed by atoms with Gasteiger partial charge in [0, 0.05) is 17.7 Å². The summed E-state index contributed by atoms with van der Waals surface area (Å²) in [5, 5.41) is 11.1. The quantitative estimate of drug-likeness (QED) is 0.169. The molecule has 0 unspecified atom stereocenters. The first-order chi connectivity index (χ1) is 17.2. The SMILES string of the molecule is O=C(CSc1nc2ccccc2c(=O)n1-c1ccc(F)c(Cl)c1)NNC(=O)c1cccc([N+](=O)[O-])c1. The predicted molar refractivity (Wildman–Crippen MR) is 132 cm³/mol. The normalized spacial score (nSPS) is 10.7. The van der Waals surface area contributed by atoms with E-state index >= 15 is 0 Å². The second-order valence-corrected chi connectivity index (χ2v) is 8.60. The number of para-hydroxylation sites is 1. The van der Waals surface area contributed by atoms with Crippen LogP contribution in [0.2, 0.25) is 5.02 Å². The van der Waals surface area contributed by atoms with Crippen LogP contribution in [0.3, 0.4) is 0 Å². The molecule has 0 spiro atoms. The highest BCUT2D eigenvalue weighted by Gasteiger charge is 2.17. The zero-order chi connectivity index (χ0) is 25.8. The highest BCUT2D eigenvalue weighted by molar-refractivity contribution is 7.99. The zero-order valence-electron chi connectivity index (χ0n) is 18.1. The van der Waals surface area contributed by atoms with Crippen LogP contribution in [0, 0.1) is 15.9 Å². The van der Waals surface area contributed by atoms with E-state index in [0.717, 1.165) is 23.9 Å². The molecule has 2 amide bonds. The smallest absolute Gasteiger partial charge is 0.270 e. The topological polar surface area (TPSA) is 136 Å². The minimum atomic E-state index is -0.751. The Labute approximate surface area is 211 Å². The number of hydrazine groups is 1. The molecule has 0 aliphatic rings. The van der Waals surface area contributed by atoms with Crippen molar-refractivity contribution in [3.05, 3.63) is 104 Å². The number of halogens is 2. The molecule has 182 valence electrons. The summed E-state index contributed by atoms with van der Waals surface area (Å²) in [4.78, 5) is 52.5. The number of benzene rings is 3. The Hall–Kier alpha value is -4.29. The molecule has 10 nitrogen and oxygen atoms in total. The van der Waals surface area contributed by atoms with Gasteiger partial charge < -0.3 is 0 Å². The number of amides is 2. The number of non-ortho nitro benzene ring substituents is 1. The number of carbonyl (C=O) groups excluding carboxylic acids is 2. The molecule has 0 saturated heterocycles. The van der Waals surface area contributed by atoms with Crippen LogP contribution in [-0.2, 0) is 4.79 Å². The molecule has 13 heteroatoms. The molecule has 0 aliphatic carbocycles. The fraction of sp³-hybridized carbons (Fsp3) is 0.0435. The molecule has 1 heterocycles. The maximum Gasteiger partial charge on any atom is 0.270 e. The van der Waals surface area contributed by atoms with Crippen molar-refractivity contribution in [2.24, 2.45) is 0 Å². The van der Waals surface area contributed by atoms with Gasteiger partial charge in [0.15, 0.2) is 5.16 Å². The van der Waals surface area contributed by atoms with E-state index in [2.05, 4.69) is 15.8 Å². The number of nitrogens with zero attached hydrogens (tertiary/aromatic N) is 3. The molecule has 2 N–H and O–H groups in total. The monoisotopic (exact) mass is 527 g/mol. The number of aromatic nitrogens is 2. The van der Waals surface area contributed by atoms with Gasteiger partial charge in [0.1, 0.15) is 5.82 Å². The Bertz CT molecular complexity index is 1580. The maximum absolute atomic E-state index is 13.7. The number of nitro benzene ring substituents is 1. The summed E-state index contributed by atoms with van der Waals surface area (Å²) < 4.78 is 14.9. The fourth-order valence-corrected chi connectivity index (χ4v) is 4.17. The molecule has 3 aromatic carbocycles. The van der Waals surface area contributed by atoms with Crippen LogP contribution < -0.4 is 16.4 Å². The second-order valence-electron chi connectivity index (χ2n) is 7.25. The van der Waals surface area contributed by atoms with Gasteiger partial charge in [0.2, 0.25) is 5.91 Å². The summed E-state index contributed by atoms with van der Waals surface area (Å²) in [5.41, 5.74) is 4.31. The molecule has 0 atom stereocenters. The second kappa shape index (κ2) is 10.5. The lowest BCUT2D eigenvalue weighted by molar-refractivity contribution is -0.384. The zero-order valence-corrected chi connectivity index (χ0v) is 19.7. The van der Waals surface area contributed by atoms with E-state index in [-0.39, 0.29) is 32.9 Å². The fourth-order valence-electron chi connectivity index (χ4n) is 3.19. The summed E-state index contributed by atoms with van der Waals surface area (Å²) >= 11 is 6.81. The lowest BCUT2D eigenvalue weighted by Crippen LogP contribution is -2.42. The van der Waals surface area contributed by atoms with Crippen molar-refractivity contribution in [2.45, 2.75) is 5.16 Å². The lowest BCUT2D eigenvalue weighted by atomic mass is 10.2. The van der Waals surface area contributed by atoms with Gasteiger partial charge in [-0.15, -0.1) is 0 Å². The van der Waals surface area contributed by atoms with Gasteiger partial charge in [0.25, 0.3) is 17.2 Å². The molecule has 1 aromatic heterocycles. The van der Waals surface area contributed by atoms with Crippen molar-refractivity contribution in [3.63, 3.8) is 0 Å². The van der Waals surface area contributed by atoms with Gasteiger partial charge in [-0.25, -0.2) is 9.37 Å². The van der Waals surface area contributed by atoms with E-state index in [1.165, 1.54) is 34.9 Å². The highest BCUT2D eigenvalue weighted by atomic mass is 35.5. The van der Waals surface area contributed by atoms with Crippen LogP contribution in [0.4, 0.5) is 10.1 Å². The standard InChI is InChI=1S/C23H15ClFN5O5S/c24-17-11-14(8-9-18(17)25)29-22(33)16-6-1-2-7-19(16)26-23(29)36-12-20(31)27-28-21(32)13-4-3-5-15(10-13)30(34)35/h1-11H,12H2,(H,27,31)(H,28,32).